The number of hydrogen-bond acceptors (Lipinski definition) is 2. The first-order chi connectivity index (χ1) is 42.6. The lowest BCUT2D eigenvalue weighted by Gasteiger charge is -2.27. The molecule has 0 saturated carbocycles. The van der Waals surface area contributed by atoms with Crippen LogP contribution in [0.3, 0.4) is 0 Å². The summed E-state index contributed by atoms with van der Waals surface area (Å²) in [6, 6.07) is 109. The van der Waals surface area contributed by atoms with Crippen molar-refractivity contribution in [2.75, 3.05) is 0 Å². The molecule has 4 aromatic heterocycles. The monoisotopic (exact) mass is 1090 g/mol. The van der Waals surface area contributed by atoms with Gasteiger partial charge in [-0.25, -0.2) is 0 Å². The lowest BCUT2D eigenvalue weighted by molar-refractivity contribution is 1.02. The first-order valence-corrected chi connectivity index (χ1v) is 29.0. The van der Waals surface area contributed by atoms with Gasteiger partial charge in [-0.15, -0.1) is 0 Å². The molecule has 0 atom stereocenters. The van der Waals surface area contributed by atoms with Crippen molar-refractivity contribution in [1.29, 1.82) is 10.5 Å². The van der Waals surface area contributed by atoms with E-state index in [1.54, 1.807) is 0 Å². The van der Waals surface area contributed by atoms with Gasteiger partial charge in [0.1, 0.15) is 23.3 Å². The highest BCUT2D eigenvalue weighted by molar-refractivity contribution is 6.17. The van der Waals surface area contributed by atoms with Crippen molar-refractivity contribution in [3.8, 4) is 79.4 Å². The summed E-state index contributed by atoms with van der Waals surface area (Å²) in [5.74, 6) is 0. The van der Waals surface area contributed by atoms with Crippen LogP contribution < -0.4 is 0 Å². The van der Waals surface area contributed by atoms with Crippen LogP contribution in [-0.2, 0) is 0 Å². The third-order valence-electron chi connectivity index (χ3n) is 17.6. The normalized spacial score (nSPS) is 11.7. The van der Waals surface area contributed by atoms with Gasteiger partial charge < -0.3 is 18.3 Å². The Bertz CT molecular complexity index is 5510. The number of nitrogens with zero attached hydrogens (tertiary/aromatic N) is 6. The Kier molecular flexibility index (Phi) is 11.0. The van der Waals surface area contributed by atoms with E-state index >= 15 is 0 Å². The fourth-order valence-electron chi connectivity index (χ4n) is 13.9. The van der Waals surface area contributed by atoms with Crippen molar-refractivity contribution in [2.45, 2.75) is 0 Å². The lowest BCUT2D eigenvalue weighted by atomic mass is 9.98. The second kappa shape index (κ2) is 19.3. The minimum Gasteiger partial charge on any atom is -0.306 e. The van der Waals surface area contributed by atoms with Crippen molar-refractivity contribution in [1.82, 2.24) is 18.3 Å². The summed E-state index contributed by atoms with van der Waals surface area (Å²) in [5.41, 5.74) is 19.2. The summed E-state index contributed by atoms with van der Waals surface area (Å²) in [5, 5.41) is 33.8. The van der Waals surface area contributed by atoms with Gasteiger partial charge in [0.2, 0.25) is 0 Å². The maximum Gasteiger partial charge on any atom is 0.104 e. The Morgan fingerprint density at radius 2 is 0.407 bits per heavy atom. The van der Waals surface area contributed by atoms with Gasteiger partial charge in [0.25, 0.3) is 0 Å². The molecule has 86 heavy (non-hydrogen) atoms. The molecule has 0 aliphatic carbocycles. The maximum atomic E-state index is 12.8. The van der Waals surface area contributed by atoms with E-state index in [0.717, 1.165) is 132 Å². The van der Waals surface area contributed by atoms with Gasteiger partial charge in [-0.3, -0.25) is 0 Å². The standard InChI is InChI=1S/C80H48N6/c81-49-67-77(83-69-33-17-13-29-59(69)63-45-55(37-41-73(63)83)51-21-5-1-6-22-51)68(50-82)79(85-71-35-19-15-31-61(71)65-47-57(39-43-75(65)85)53-25-9-3-10-26-53)80(86-72-36-20-16-32-62(72)66-48-58(40-44-76(66)86)54-27-11-4-12-28-54)78(67)84-70-34-18-14-30-60(70)64-46-56(38-42-74(64)84)52-23-7-2-8-24-52/h1-48H. The van der Waals surface area contributed by atoms with E-state index in [2.05, 4.69) is 316 Å². The van der Waals surface area contributed by atoms with Crippen LogP contribution in [0, 0.1) is 22.7 Å². The number of fused-ring (bicyclic) bond motifs is 12. The van der Waals surface area contributed by atoms with E-state index in [-0.39, 0.29) is 0 Å². The fraction of sp³-hybridized carbons (Fsp3) is 0. The average molecular weight is 1090 g/mol. The minimum atomic E-state index is 0.351. The largest absolute Gasteiger partial charge is 0.306 e. The molecule has 6 nitrogen and oxygen atoms in total. The van der Waals surface area contributed by atoms with Crippen LogP contribution >= 0.6 is 0 Å². The SMILES string of the molecule is N#Cc1c(-n2c3ccccc3c3cc(-c4ccccc4)ccc32)c(C#N)c(-n2c3ccccc3c3cc(-c4ccccc4)ccc32)c(-n2c3ccccc3c3cc(-c4ccccc4)ccc32)c1-n1c2ccccc2c2cc(-c3ccccc3)ccc21. The average Bonchev–Trinajstić information content (AvgIpc) is 1.49. The minimum absolute atomic E-state index is 0.351. The summed E-state index contributed by atoms with van der Waals surface area (Å²) in [6.07, 6.45) is 0. The van der Waals surface area contributed by atoms with E-state index in [9.17, 15) is 10.5 Å². The predicted molar refractivity (Wildman–Crippen MR) is 355 cm³/mol. The highest BCUT2D eigenvalue weighted by Gasteiger charge is 2.35. The molecule has 17 rings (SSSR count). The van der Waals surface area contributed by atoms with E-state index < -0.39 is 0 Å². The van der Waals surface area contributed by atoms with Gasteiger partial charge in [-0.2, -0.15) is 10.5 Å². The summed E-state index contributed by atoms with van der Waals surface area (Å²) < 4.78 is 9.20. The van der Waals surface area contributed by atoms with E-state index in [1.165, 1.54) is 0 Å². The van der Waals surface area contributed by atoms with Crippen molar-refractivity contribution >= 4 is 87.2 Å². The Labute approximate surface area is 495 Å². The van der Waals surface area contributed by atoms with Crippen LogP contribution in [0.1, 0.15) is 11.1 Å². The quantitative estimate of drug-likeness (QED) is 0.152. The van der Waals surface area contributed by atoms with Crippen molar-refractivity contribution in [3.05, 3.63) is 302 Å². The van der Waals surface area contributed by atoms with Gasteiger partial charge in [0.05, 0.1) is 66.9 Å². The van der Waals surface area contributed by atoms with Crippen LogP contribution in [0.4, 0.5) is 0 Å². The Balaban J connectivity index is 1.12. The van der Waals surface area contributed by atoms with Crippen LogP contribution in [0.15, 0.2) is 291 Å². The third kappa shape index (κ3) is 7.24. The van der Waals surface area contributed by atoms with E-state index in [0.29, 0.717) is 33.9 Å². The molecule has 4 heterocycles. The number of nitriles is 2. The van der Waals surface area contributed by atoms with Crippen LogP contribution in [-0.4, -0.2) is 18.3 Å². The molecule has 13 aromatic carbocycles. The molecule has 0 amide bonds. The van der Waals surface area contributed by atoms with Crippen LogP contribution in [0.25, 0.3) is 154 Å². The number of para-hydroxylation sites is 4. The zero-order valence-electron chi connectivity index (χ0n) is 46.4. The van der Waals surface area contributed by atoms with Crippen LogP contribution in [0.5, 0.6) is 0 Å². The molecule has 0 spiro atoms. The van der Waals surface area contributed by atoms with Crippen LogP contribution in [0.2, 0.25) is 0 Å². The highest BCUT2D eigenvalue weighted by Crippen LogP contribution is 2.50. The molecule has 0 saturated heterocycles. The van der Waals surface area contributed by atoms with Gasteiger partial charge >= 0.3 is 0 Å². The van der Waals surface area contributed by atoms with Crippen molar-refractivity contribution in [3.63, 3.8) is 0 Å². The molecule has 0 bridgehead atoms. The van der Waals surface area contributed by atoms with Gasteiger partial charge in [0, 0.05) is 43.1 Å². The smallest absolute Gasteiger partial charge is 0.104 e. The van der Waals surface area contributed by atoms with Crippen molar-refractivity contribution < 1.29 is 0 Å². The summed E-state index contributed by atoms with van der Waals surface area (Å²) in [4.78, 5) is 0. The topological polar surface area (TPSA) is 67.3 Å². The highest BCUT2D eigenvalue weighted by atomic mass is 15.1. The molecule has 0 aliphatic rings. The molecular weight excluding hydrogens is 1040 g/mol. The van der Waals surface area contributed by atoms with E-state index in [1.807, 2.05) is 6.07 Å². The molecule has 398 valence electrons. The summed E-state index contributed by atoms with van der Waals surface area (Å²) in [7, 11) is 0. The number of aromatic nitrogens is 4. The Morgan fingerprint density at radius 3 is 0.674 bits per heavy atom. The van der Waals surface area contributed by atoms with Gasteiger partial charge in [0.15, 0.2) is 0 Å². The second-order valence-electron chi connectivity index (χ2n) is 22.2. The molecule has 0 unspecified atom stereocenters. The molecular formula is C80H48N6. The van der Waals surface area contributed by atoms with E-state index in [4.69, 9.17) is 0 Å². The van der Waals surface area contributed by atoms with Gasteiger partial charge in [-0.05, 0) is 117 Å². The summed E-state index contributed by atoms with van der Waals surface area (Å²) >= 11 is 0. The zero-order valence-corrected chi connectivity index (χ0v) is 46.4. The first-order valence-electron chi connectivity index (χ1n) is 29.0. The summed E-state index contributed by atoms with van der Waals surface area (Å²) in [6.45, 7) is 0. The first kappa shape index (κ1) is 48.7. The maximum absolute atomic E-state index is 12.8. The Hall–Kier alpha value is -12.0. The predicted octanol–water partition coefficient (Wildman–Crippen LogP) is 20.5. The third-order valence-corrected chi connectivity index (χ3v) is 17.6. The molecule has 0 N–H and O–H groups in total. The molecule has 0 fully saturated rings. The van der Waals surface area contributed by atoms with Crippen molar-refractivity contribution in [2.24, 2.45) is 0 Å². The zero-order chi connectivity index (χ0) is 57.0. The molecule has 6 heteroatoms. The van der Waals surface area contributed by atoms with Gasteiger partial charge in [-0.1, -0.05) is 218 Å². The molecule has 17 aromatic rings. The number of hydrogen-bond donors (Lipinski definition) is 0. The molecule has 0 radical (unpaired) electrons. The number of benzene rings is 13. The molecule has 0 aliphatic heterocycles. The lowest BCUT2D eigenvalue weighted by Crippen LogP contribution is -2.17. The fourth-order valence-corrected chi connectivity index (χ4v) is 13.9. The Morgan fingerprint density at radius 1 is 0.186 bits per heavy atom. The number of rotatable bonds is 8. The second-order valence-corrected chi connectivity index (χ2v) is 22.2.